The monoisotopic (exact) mass is 476 g/mol. The summed E-state index contributed by atoms with van der Waals surface area (Å²) in [6, 6.07) is 2.49. The van der Waals surface area contributed by atoms with Crippen LogP contribution < -0.4 is 16.4 Å². The molecule has 3 amide bonds. The van der Waals surface area contributed by atoms with Gasteiger partial charge in [0.15, 0.2) is 0 Å². The Kier molecular flexibility index (Phi) is 9.43. The van der Waals surface area contributed by atoms with Crippen LogP contribution in [0.4, 0.5) is 0 Å². The molecule has 0 radical (unpaired) electrons. The first-order chi connectivity index (χ1) is 15.9. The number of aromatic hydroxyl groups is 1. The second kappa shape index (κ2) is 11.8. The normalized spacial score (nSPS) is 18.4. The van der Waals surface area contributed by atoms with Gasteiger partial charge in [0.2, 0.25) is 17.7 Å². The van der Waals surface area contributed by atoms with Gasteiger partial charge in [-0.3, -0.25) is 14.4 Å². The molecule has 0 bridgehead atoms. The molecule has 1 aliphatic heterocycles. The smallest absolute Gasteiger partial charge is 0.326 e. The molecule has 188 valence electrons. The zero-order valence-corrected chi connectivity index (χ0v) is 20.2. The highest BCUT2D eigenvalue weighted by molar-refractivity contribution is 5.94. The van der Waals surface area contributed by atoms with Crippen LogP contribution in [0, 0.1) is 11.8 Å². The van der Waals surface area contributed by atoms with E-state index in [2.05, 4.69) is 10.6 Å². The third-order valence-corrected chi connectivity index (χ3v) is 6.08. The summed E-state index contributed by atoms with van der Waals surface area (Å²) in [6.07, 6.45) is 0.997. The first-order valence-corrected chi connectivity index (χ1v) is 11.6. The number of hydrogen-bond donors (Lipinski definition) is 5. The van der Waals surface area contributed by atoms with Crippen LogP contribution in [0.3, 0.4) is 0 Å². The first-order valence-electron chi connectivity index (χ1n) is 11.6. The van der Waals surface area contributed by atoms with Gasteiger partial charge < -0.3 is 31.5 Å². The number of aliphatic carboxylic acids is 1. The van der Waals surface area contributed by atoms with Gasteiger partial charge in [0.1, 0.15) is 23.9 Å². The molecule has 1 saturated heterocycles. The fourth-order valence-electron chi connectivity index (χ4n) is 3.90. The van der Waals surface area contributed by atoms with Crippen molar-refractivity contribution in [3.63, 3.8) is 0 Å². The molecule has 4 unspecified atom stereocenters. The van der Waals surface area contributed by atoms with E-state index in [1.165, 1.54) is 17.0 Å². The van der Waals surface area contributed by atoms with Gasteiger partial charge in [0, 0.05) is 13.0 Å². The van der Waals surface area contributed by atoms with E-state index in [1.54, 1.807) is 39.8 Å². The van der Waals surface area contributed by atoms with E-state index in [0.29, 0.717) is 18.4 Å². The summed E-state index contributed by atoms with van der Waals surface area (Å²) in [5.74, 6) is -2.95. The lowest BCUT2D eigenvalue weighted by molar-refractivity contribution is -0.149. The van der Waals surface area contributed by atoms with Gasteiger partial charge in [-0.05, 0) is 42.4 Å². The highest BCUT2D eigenvalue weighted by Gasteiger charge is 2.38. The maximum Gasteiger partial charge on any atom is 0.326 e. The number of benzene rings is 1. The van der Waals surface area contributed by atoms with E-state index in [0.717, 1.165) is 0 Å². The van der Waals surface area contributed by atoms with Crippen LogP contribution in [0.25, 0.3) is 0 Å². The maximum absolute atomic E-state index is 13.4. The minimum atomic E-state index is -1.09. The molecule has 34 heavy (non-hydrogen) atoms. The van der Waals surface area contributed by atoms with Crippen molar-refractivity contribution in [3.05, 3.63) is 29.8 Å². The maximum atomic E-state index is 13.4. The predicted molar refractivity (Wildman–Crippen MR) is 126 cm³/mol. The number of rotatable bonds is 10. The van der Waals surface area contributed by atoms with Gasteiger partial charge in [0.25, 0.3) is 0 Å². The Balaban J connectivity index is 2.27. The van der Waals surface area contributed by atoms with Gasteiger partial charge in [-0.2, -0.15) is 0 Å². The van der Waals surface area contributed by atoms with Crippen molar-refractivity contribution in [1.82, 2.24) is 15.5 Å². The van der Waals surface area contributed by atoms with Gasteiger partial charge in [-0.15, -0.1) is 0 Å². The molecule has 0 aromatic heterocycles. The molecule has 1 aromatic carbocycles. The lowest BCUT2D eigenvalue weighted by atomic mass is 9.99. The molecule has 2 rings (SSSR count). The van der Waals surface area contributed by atoms with Crippen LogP contribution in [0.1, 0.15) is 46.1 Å². The van der Waals surface area contributed by atoms with Crippen LogP contribution in [0.5, 0.6) is 5.75 Å². The number of carbonyl (C=O) groups excluding carboxylic acids is 3. The Hall–Kier alpha value is -3.14. The Labute approximate surface area is 199 Å². The van der Waals surface area contributed by atoms with Gasteiger partial charge in [-0.25, -0.2) is 4.79 Å². The largest absolute Gasteiger partial charge is 0.508 e. The van der Waals surface area contributed by atoms with Crippen molar-refractivity contribution in [1.29, 1.82) is 0 Å². The second-order valence-corrected chi connectivity index (χ2v) is 9.46. The van der Waals surface area contributed by atoms with Crippen molar-refractivity contribution in [2.75, 3.05) is 6.54 Å². The summed E-state index contributed by atoms with van der Waals surface area (Å²) in [5.41, 5.74) is 6.59. The lowest BCUT2D eigenvalue weighted by Crippen LogP contribution is -2.59. The predicted octanol–water partition coefficient (Wildman–Crippen LogP) is 0.619. The summed E-state index contributed by atoms with van der Waals surface area (Å²) < 4.78 is 0. The minimum Gasteiger partial charge on any atom is -0.508 e. The standard InChI is InChI=1S/C24H36N4O6/c1-13(2)19(25)21(30)27-20(14(3)4)22(31)26-17(12-15-7-9-16(29)10-8-15)23(32)28-11-5-6-18(28)24(33)34/h7-10,13-14,17-20,29H,5-6,11-12,25H2,1-4H3,(H,26,31)(H,27,30)(H,33,34). The summed E-state index contributed by atoms with van der Waals surface area (Å²) in [5, 5.41) is 24.5. The average Bonchev–Trinajstić information content (AvgIpc) is 3.27. The van der Waals surface area contributed by atoms with Crippen LogP contribution >= 0.6 is 0 Å². The molecule has 4 atom stereocenters. The van der Waals surface area contributed by atoms with E-state index >= 15 is 0 Å². The molecule has 10 heteroatoms. The SMILES string of the molecule is CC(C)C(N)C(=O)NC(C(=O)NC(Cc1ccc(O)cc1)C(=O)N1CCCC1C(=O)O)C(C)C. The van der Waals surface area contributed by atoms with Crippen molar-refractivity contribution in [2.24, 2.45) is 17.6 Å². The summed E-state index contributed by atoms with van der Waals surface area (Å²) in [7, 11) is 0. The average molecular weight is 477 g/mol. The number of phenolic OH excluding ortho intramolecular Hbond substituents is 1. The van der Waals surface area contributed by atoms with Crippen LogP contribution in [-0.4, -0.2) is 69.5 Å². The highest BCUT2D eigenvalue weighted by atomic mass is 16.4. The minimum absolute atomic E-state index is 0.0604. The molecule has 1 fully saturated rings. The zero-order chi connectivity index (χ0) is 25.6. The fourth-order valence-corrected chi connectivity index (χ4v) is 3.90. The van der Waals surface area contributed by atoms with Crippen molar-refractivity contribution < 1.29 is 29.4 Å². The van der Waals surface area contributed by atoms with Crippen molar-refractivity contribution in [2.45, 2.75) is 71.1 Å². The molecule has 1 heterocycles. The molecule has 1 aromatic rings. The number of phenols is 1. The lowest BCUT2D eigenvalue weighted by Gasteiger charge is -2.30. The molecule has 10 nitrogen and oxygen atoms in total. The Morgan fingerprint density at radius 3 is 2.18 bits per heavy atom. The number of likely N-dealkylation sites (tertiary alicyclic amines) is 1. The quantitative estimate of drug-likeness (QED) is 0.330. The summed E-state index contributed by atoms with van der Waals surface area (Å²) in [6.45, 7) is 7.42. The molecule has 6 N–H and O–H groups in total. The van der Waals surface area contributed by atoms with E-state index in [1.807, 2.05) is 0 Å². The Bertz CT molecular complexity index is 886. The highest BCUT2D eigenvalue weighted by Crippen LogP contribution is 2.20. The zero-order valence-electron chi connectivity index (χ0n) is 20.2. The van der Waals surface area contributed by atoms with Crippen LogP contribution in [0.2, 0.25) is 0 Å². The Morgan fingerprint density at radius 2 is 1.65 bits per heavy atom. The van der Waals surface area contributed by atoms with Crippen molar-refractivity contribution in [3.8, 4) is 5.75 Å². The number of amides is 3. The molecule has 1 aliphatic rings. The fraction of sp³-hybridized carbons (Fsp3) is 0.583. The third kappa shape index (κ3) is 6.93. The number of carboxylic acid groups (broad SMARTS) is 1. The number of nitrogens with zero attached hydrogens (tertiary/aromatic N) is 1. The van der Waals surface area contributed by atoms with Gasteiger partial charge in [0.05, 0.1) is 6.04 Å². The van der Waals surface area contributed by atoms with E-state index in [9.17, 15) is 29.4 Å². The molecular formula is C24H36N4O6. The van der Waals surface area contributed by atoms with Gasteiger partial charge >= 0.3 is 5.97 Å². The second-order valence-electron chi connectivity index (χ2n) is 9.46. The molecular weight excluding hydrogens is 440 g/mol. The topological polar surface area (TPSA) is 162 Å². The van der Waals surface area contributed by atoms with Crippen LogP contribution in [0.15, 0.2) is 24.3 Å². The van der Waals surface area contributed by atoms with E-state index in [-0.39, 0.29) is 30.6 Å². The van der Waals surface area contributed by atoms with Crippen molar-refractivity contribution >= 4 is 23.7 Å². The third-order valence-electron chi connectivity index (χ3n) is 6.08. The number of hydrogen-bond acceptors (Lipinski definition) is 6. The Morgan fingerprint density at radius 1 is 1.03 bits per heavy atom. The number of carboxylic acids is 1. The summed E-state index contributed by atoms with van der Waals surface area (Å²) in [4.78, 5) is 52.0. The number of nitrogens with one attached hydrogen (secondary N) is 2. The summed E-state index contributed by atoms with van der Waals surface area (Å²) >= 11 is 0. The van der Waals surface area contributed by atoms with Crippen LogP contribution in [-0.2, 0) is 25.6 Å². The molecule has 0 saturated carbocycles. The number of nitrogens with two attached hydrogens (primary N) is 1. The molecule has 0 spiro atoms. The van der Waals surface area contributed by atoms with E-state index in [4.69, 9.17) is 5.73 Å². The van der Waals surface area contributed by atoms with Gasteiger partial charge in [-0.1, -0.05) is 39.8 Å². The first kappa shape index (κ1) is 27.1. The molecule has 0 aliphatic carbocycles. The van der Waals surface area contributed by atoms with E-state index < -0.39 is 47.9 Å². The number of carbonyl (C=O) groups is 4.